The highest BCUT2D eigenvalue weighted by atomic mass is 32.2. The number of H-pyrrole nitrogens is 1. The lowest BCUT2D eigenvalue weighted by molar-refractivity contribution is -0.140. The molecule has 0 aliphatic rings. The molecule has 0 bridgehead atoms. The highest BCUT2D eigenvalue weighted by molar-refractivity contribution is 7.85. The maximum atomic E-state index is 12.4. The van der Waals surface area contributed by atoms with E-state index < -0.39 is 26.9 Å². The first-order valence-corrected chi connectivity index (χ1v) is 5.79. The Bertz CT molecular complexity index is 672. The van der Waals surface area contributed by atoms with Crippen LogP contribution in [0.1, 0.15) is 5.69 Å². The van der Waals surface area contributed by atoms with Crippen molar-refractivity contribution in [2.24, 2.45) is 0 Å². The zero-order valence-corrected chi connectivity index (χ0v) is 8.93. The van der Waals surface area contributed by atoms with Gasteiger partial charge in [-0.2, -0.15) is 21.6 Å². The van der Waals surface area contributed by atoms with Gasteiger partial charge >= 0.3 is 6.18 Å². The first-order chi connectivity index (χ1) is 7.68. The summed E-state index contributed by atoms with van der Waals surface area (Å²) in [6.07, 6.45) is -4.53. The van der Waals surface area contributed by atoms with Crippen LogP contribution < -0.4 is 0 Å². The molecule has 17 heavy (non-hydrogen) atoms. The number of alkyl halides is 3. The van der Waals surface area contributed by atoms with Crippen LogP contribution in [0.3, 0.4) is 0 Å². The van der Waals surface area contributed by atoms with Crippen LogP contribution in [-0.4, -0.2) is 18.0 Å². The summed E-state index contributed by atoms with van der Waals surface area (Å²) in [5.74, 6) is 0. The van der Waals surface area contributed by atoms with E-state index in [1.807, 2.05) is 0 Å². The molecule has 0 unspecified atom stereocenters. The molecule has 0 radical (unpaired) electrons. The quantitative estimate of drug-likeness (QED) is 0.778. The van der Waals surface area contributed by atoms with E-state index in [-0.39, 0.29) is 10.9 Å². The molecule has 2 aromatic rings. The second kappa shape index (κ2) is 3.47. The fraction of sp³-hybridized carbons (Fsp3) is 0.111. The summed E-state index contributed by atoms with van der Waals surface area (Å²) in [7, 11) is -4.42. The Morgan fingerprint density at radius 3 is 2.35 bits per heavy atom. The third kappa shape index (κ3) is 2.27. The zero-order valence-electron chi connectivity index (χ0n) is 8.12. The van der Waals surface area contributed by atoms with E-state index in [0.29, 0.717) is 0 Å². The molecular weight excluding hydrogens is 259 g/mol. The molecular formula is C9H6F3NO3S. The molecule has 2 rings (SSSR count). The lowest BCUT2D eigenvalue weighted by atomic mass is 10.2. The van der Waals surface area contributed by atoms with Crippen LogP contribution in [0.5, 0.6) is 0 Å². The maximum Gasteiger partial charge on any atom is 0.431 e. The summed E-state index contributed by atoms with van der Waals surface area (Å²) in [4.78, 5) is 1.67. The van der Waals surface area contributed by atoms with E-state index in [4.69, 9.17) is 4.55 Å². The second-order valence-corrected chi connectivity index (χ2v) is 4.83. The van der Waals surface area contributed by atoms with E-state index >= 15 is 0 Å². The lowest BCUT2D eigenvalue weighted by Gasteiger charge is -2.00. The van der Waals surface area contributed by atoms with Crippen LogP contribution in [-0.2, 0) is 16.3 Å². The molecule has 0 saturated heterocycles. The Balaban J connectivity index is 2.64. The second-order valence-electron chi connectivity index (χ2n) is 3.40. The monoisotopic (exact) mass is 265 g/mol. The van der Waals surface area contributed by atoms with Crippen LogP contribution in [0.25, 0.3) is 10.9 Å². The van der Waals surface area contributed by atoms with Gasteiger partial charge in [-0.1, -0.05) is 0 Å². The van der Waals surface area contributed by atoms with Crippen molar-refractivity contribution in [3.8, 4) is 0 Å². The molecule has 2 N–H and O–H groups in total. The van der Waals surface area contributed by atoms with Gasteiger partial charge in [-0.05, 0) is 24.3 Å². The molecule has 0 aliphatic carbocycles. The van der Waals surface area contributed by atoms with E-state index in [1.54, 1.807) is 0 Å². The predicted molar refractivity (Wildman–Crippen MR) is 53.1 cm³/mol. The van der Waals surface area contributed by atoms with Crippen molar-refractivity contribution < 1.29 is 26.1 Å². The number of hydrogen-bond donors (Lipinski definition) is 2. The minimum Gasteiger partial charge on any atom is -0.351 e. The minimum atomic E-state index is -4.53. The molecule has 1 aromatic heterocycles. The van der Waals surface area contributed by atoms with Crippen LogP contribution in [0, 0.1) is 0 Å². The predicted octanol–water partition coefficient (Wildman–Crippen LogP) is 2.43. The van der Waals surface area contributed by atoms with Gasteiger partial charge < -0.3 is 4.98 Å². The summed E-state index contributed by atoms with van der Waals surface area (Å²) >= 11 is 0. The van der Waals surface area contributed by atoms with Gasteiger partial charge in [0.2, 0.25) is 0 Å². The lowest BCUT2D eigenvalue weighted by Crippen LogP contribution is -2.04. The standard InChI is InChI=1S/C9H6F3NO3S/c10-9(11,12)8-4-5-3-6(17(14,15)16)1-2-7(5)13-8/h1-4,13H,(H,14,15,16). The maximum absolute atomic E-state index is 12.4. The van der Waals surface area contributed by atoms with E-state index in [0.717, 1.165) is 24.3 Å². The first-order valence-electron chi connectivity index (χ1n) is 4.35. The van der Waals surface area contributed by atoms with Crippen molar-refractivity contribution in [3.63, 3.8) is 0 Å². The van der Waals surface area contributed by atoms with Gasteiger partial charge in [0.15, 0.2) is 0 Å². The minimum absolute atomic E-state index is 0.0625. The van der Waals surface area contributed by atoms with Gasteiger partial charge in [0, 0.05) is 10.9 Å². The summed E-state index contributed by atoms with van der Waals surface area (Å²) in [6, 6.07) is 3.93. The number of rotatable bonds is 1. The fourth-order valence-electron chi connectivity index (χ4n) is 1.42. The molecule has 0 aliphatic heterocycles. The highest BCUT2D eigenvalue weighted by Gasteiger charge is 2.32. The molecule has 1 heterocycles. The van der Waals surface area contributed by atoms with Gasteiger partial charge in [0.05, 0.1) is 4.90 Å². The van der Waals surface area contributed by atoms with Gasteiger partial charge in [-0.15, -0.1) is 0 Å². The smallest absolute Gasteiger partial charge is 0.351 e. The molecule has 1 aromatic carbocycles. The molecule has 0 amide bonds. The van der Waals surface area contributed by atoms with E-state index in [2.05, 4.69) is 4.98 Å². The molecule has 92 valence electrons. The molecule has 0 spiro atoms. The van der Waals surface area contributed by atoms with Gasteiger partial charge in [0.25, 0.3) is 10.1 Å². The van der Waals surface area contributed by atoms with E-state index in [9.17, 15) is 21.6 Å². The number of hydrogen-bond acceptors (Lipinski definition) is 2. The number of fused-ring (bicyclic) bond motifs is 1. The average molecular weight is 265 g/mol. The van der Waals surface area contributed by atoms with Crippen molar-refractivity contribution in [1.29, 1.82) is 0 Å². The third-order valence-corrected chi connectivity index (χ3v) is 3.05. The summed E-state index contributed by atoms with van der Waals surface area (Å²) < 4.78 is 67.4. The van der Waals surface area contributed by atoms with Crippen molar-refractivity contribution in [2.75, 3.05) is 0 Å². The van der Waals surface area contributed by atoms with Gasteiger partial charge in [-0.3, -0.25) is 4.55 Å². The number of nitrogens with one attached hydrogen (secondary N) is 1. The third-order valence-electron chi connectivity index (χ3n) is 2.20. The van der Waals surface area contributed by atoms with Gasteiger partial charge in [0.1, 0.15) is 5.69 Å². The Morgan fingerprint density at radius 2 is 1.82 bits per heavy atom. The Morgan fingerprint density at radius 1 is 1.18 bits per heavy atom. The highest BCUT2D eigenvalue weighted by Crippen LogP contribution is 2.31. The number of aromatic nitrogens is 1. The molecule has 0 saturated carbocycles. The number of benzene rings is 1. The molecule has 0 atom stereocenters. The summed E-state index contributed by atoms with van der Waals surface area (Å²) in [6.45, 7) is 0. The SMILES string of the molecule is O=S(=O)(O)c1ccc2[nH]c(C(F)(F)F)cc2c1. The summed E-state index contributed by atoms with van der Waals surface area (Å²) in [5, 5.41) is 0.0625. The van der Waals surface area contributed by atoms with E-state index in [1.165, 1.54) is 0 Å². The van der Waals surface area contributed by atoms with Crippen LogP contribution >= 0.6 is 0 Å². The van der Waals surface area contributed by atoms with Crippen LogP contribution in [0.15, 0.2) is 29.2 Å². The largest absolute Gasteiger partial charge is 0.431 e. The van der Waals surface area contributed by atoms with Crippen molar-refractivity contribution in [2.45, 2.75) is 11.1 Å². The van der Waals surface area contributed by atoms with Crippen molar-refractivity contribution in [3.05, 3.63) is 30.0 Å². The van der Waals surface area contributed by atoms with Crippen molar-refractivity contribution >= 4 is 21.0 Å². The topological polar surface area (TPSA) is 70.2 Å². The van der Waals surface area contributed by atoms with Crippen LogP contribution in [0.2, 0.25) is 0 Å². The first kappa shape index (κ1) is 11.9. The molecule has 4 nitrogen and oxygen atoms in total. The fourth-order valence-corrected chi connectivity index (χ4v) is 1.94. The van der Waals surface area contributed by atoms with Crippen molar-refractivity contribution in [1.82, 2.24) is 4.98 Å². The van der Waals surface area contributed by atoms with Crippen LogP contribution in [0.4, 0.5) is 13.2 Å². The average Bonchev–Trinajstić information content (AvgIpc) is 2.57. The Kier molecular flexibility index (Phi) is 2.44. The van der Waals surface area contributed by atoms with Gasteiger partial charge in [-0.25, -0.2) is 0 Å². The Hall–Kier alpha value is -1.54. The molecule has 0 fully saturated rings. The number of aromatic amines is 1. The normalized spacial score (nSPS) is 13.2. The zero-order chi connectivity index (χ0) is 12.8. The Labute approximate surface area is 93.8 Å². The molecule has 8 heteroatoms. The number of halogens is 3. The summed E-state index contributed by atoms with van der Waals surface area (Å²) in [5.41, 5.74) is -0.829.